The minimum atomic E-state index is -3.94. The molecule has 1 rings (SSSR count). The van der Waals surface area contributed by atoms with Gasteiger partial charge in [0.2, 0.25) is 0 Å². The van der Waals surface area contributed by atoms with E-state index in [9.17, 15) is 17.8 Å². The smallest absolute Gasteiger partial charge is 0.187 e. The second-order valence-electron chi connectivity index (χ2n) is 6.07. The molecule has 0 aromatic rings. The molecule has 0 amide bonds. The van der Waals surface area contributed by atoms with E-state index in [-0.39, 0.29) is 11.2 Å². The minimum absolute atomic E-state index is 0.127. The summed E-state index contributed by atoms with van der Waals surface area (Å²) in [6.45, 7) is 7.91. The standard InChI is InChI=1S/C10H19OS2.C4H10O3S/c1-10(2,3)9(11)8-13-6-4-12-5-7-13;1-2-3-4-8(5,6)7/h4-8H2,1-3H3;2-4H2,1H3,(H,5,6,7)/q+1;/p-1. The van der Waals surface area contributed by atoms with Crippen molar-refractivity contribution >= 4 is 38.6 Å². The number of hydrogen-bond donors (Lipinski definition) is 0. The zero-order valence-electron chi connectivity index (χ0n) is 13.5. The van der Waals surface area contributed by atoms with E-state index in [0.29, 0.717) is 23.1 Å². The van der Waals surface area contributed by atoms with Gasteiger partial charge in [-0.15, -0.1) is 0 Å². The molecule has 0 aromatic carbocycles. The van der Waals surface area contributed by atoms with Crippen molar-refractivity contribution in [2.45, 2.75) is 40.5 Å². The van der Waals surface area contributed by atoms with Crippen molar-refractivity contribution in [2.24, 2.45) is 5.41 Å². The largest absolute Gasteiger partial charge is 0.748 e. The van der Waals surface area contributed by atoms with Crippen LogP contribution in [0.5, 0.6) is 0 Å². The summed E-state index contributed by atoms with van der Waals surface area (Å²) in [5.41, 5.74) is -0.127. The Morgan fingerprint density at radius 1 is 1.24 bits per heavy atom. The predicted octanol–water partition coefficient (Wildman–Crippen LogP) is 2.30. The summed E-state index contributed by atoms with van der Waals surface area (Å²) in [5.74, 6) is 6.14. The van der Waals surface area contributed by atoms with Crippen LogP contribution in [0.3, 0.4) is 0 Å². The first-order chi connectivity index (χ1) is 9.56. The van der Waals surface area contributed by atoms with Crippen LogP contribution in [-0.2, 0) is 25.8 Å². The maximum atomic E-state index is 11.7. The first-order valence-corrected chi connectivity index (χ1v) is 11.7. The molecular formula is C14H28O4S3. The summed E-state index contributed by atoms with van der Waals surface area (Å²) >= 11 is 2.03. The normalized spacial score (nSPS) is 17.0. The Balaban J connectivity index is 0.000000433. The summed E-state index contributed by atoms with van der Waals surface area (Å²) in [6.07, 6.45) is 1.23. The fourth-order valence-corrected chi connectivity index (χ4v) is 6.40. The van der Waals surface area contributed by atoms with Gasteiger partial charge >= 0.3 is 0 Å². The number of hydrogen-bond acceptors (Lipinski definition) is 5. The van der Waals surface area contributed by atoms with E-state index >= 15 is 0 Å². The molecule has 0 saturated carbocycles. The number of unbranched alkanes of at least 4 members (excludes halogenated alkanes) is 1. The van der Waals surface area contributed by atoms with E-state index in [0.717, 1.165) is 12.2 Å². The third kappa shape index (κ3) is 12.5. The van der Waals surface area contributed by atoms with Crippen LogP contribution in [0.1, 0.15) is 40.5 Å². The van der Waals surface area contributed by atoms with Crippen molar-refractivity contribution < 1.29 is 17.8 Å². The minimum Gasteiger partial charge on any atom is -0.748 e. The molecule has 0 aromatic heterocycles. The molecule has 1 aliphatic heterocycles. The van der Waals surface area contributed by atoms with Gasteiger partial charge < -0.3 is 4.55 Å². The fourth-order valence-electron chi connectivity index (χ4n) is 1.43. The van der Waals surface area contributed by atoms with Crippen LogP contribution in [-0.4, -0.2) is 53.3 Å². The third-order valence-corrected chi connectivity index (χ3v) is 7.48. The van der Waals surface area contributed by atoms with Gasteiger partial charge in [-0.1, -0.05) is 34.1 Å². The summed E-state index contributed by atoms with van der Waals surface area (Å²) < 4.78 is 29.5. The fraction of sp³-hybridized carbons (Fsp3) is 0.929. The topological polar surface area (TPSA) is 74.3 Å². The van der Waals surface area contributed by atoms with Crippen molar-refractivity contribution in [2.75, 3.05) is 34.5 Å². The number of thioether (sulfide) groups is 1. The van der Waals surface area contributed by atoms with Crippen LogP contribution >= 0.6 is 11.8 Å². The van der Waals surface area contributed by atoms with Crippen molar-refractivity contribution in [1.82, 2.24) is 0 Å². The highest BCUT2D eigenvalue weighted by Crippen LogP contribution is 2.19. The van der Waals surface area contributed by atoms with Gasteiger partial charge in [0.15, 0.2) is 11.5 Å². The van der Waals surface area contributed by atoms with Gasteiger partial charge in [-0.3, -0.25) is 4.79 Å². The van der Waals surface area contributed by atoms with E-state index in [1.54, 1.807) is 0 Å². The van der Waals surface area contributed by atoms with E-state index in [2.05, 4.69) is 0 Å². The highest BCUT2D eigenvalue weighted by Gasteiger charge is 2.31. The molecule has 1 aliphatic rings. The molecule has 0 N–H and O–H groups in total. The van der Waals surface area contributed by atoms with Gasteiger partial charge in [-0.05, 0) is 17.3 Å². The molecule has 0 spiro atoms. The van der Waals surface area contributed by atoms with Crippen LogP contribution in [0.25, 0.3) is 0 Å². The van der Waals surface area contributed by atoms with Gasteiger partial charge in [-0.2, -0.15) is 11.8 Å². The third-order valence-electron chi connectivity index (χ3n) is 2.95. The Kier molecular flexibility index (Phi) is 10.3. The monoisotopic (exact) mass is 356 g/mol. The van der Waals surface area contributed by atoms with Gasteiger partial charge in [0.05, 0.1) is 10.1 Å². The Labute approximate surface area is 136 Å². The first-order valence-electron chi connectivity index (χ1n) is 7.25. The molecule has 21 heavy (non-hydrogen) atoms. The quantitative estimate of drug-likeness (QED) is 0.558. The summed E-state index contributed by atoms with van der Waals surface area (Å²) in [5, 5.41) is 0. The second-order valence-corrected chi connectivity index (χ2v) is 11.1. The van der Waals surface area contributed by atoms with Crippen LogP contribution < -0.4 is 0 Å². The zero-order chi connectivity index (χ0) is 16.5. The summed E-state index contributed by atoms with van der Waals surface area (Å²) in [6, 6.07) is 0. The zero-order valence-corrected chi connectivity index (χ0v) is 16.0. The molecule has 0 bridgehead atoms. The molecular weight excluding hydrogens is 328 g/mol. The SMILES string of the molecule is CC(C)(C)C(=O)C[S+]1CCSCC1.CCCCS(=O)(=O)[O-]. The highest BCUT2D eigenvalue weighted by atomic mass is 32.2. The van der Waals surface area contributed by atoms with E-state index in [1.165, 1.54) is 23.0 Å². The Morgan fingerprint density at radius 3 is 2.10 bits per heavy atom. The maximum Gasteiger partial charge on any atom is 0.187 e. The summed E-state index contributed by atoms with van der Waals surface area (Å²) in [4.78, 5) is 11.7. The van der Waals surface area contributed by atoms with Gasteiger partial charge in [-0.25, -0.2) is 8.42 Å². The molecule has 0 atom stereocenters. The average molecular weight is 357 g/mol. The molecule has 7 heteroatoms. The number of rotatable bonds is 5. The Morgan fingerprint density at radius 2 is 1.76 bits per heavy atom. The van der Waals surface area contributed by atoms with Crippen LogP contribution in [0.15, 0.2) is 0 Å². The average Bonchev–Trinajstić information content (AvgIpc) is 2.36. The molecule has 4 nitrogen and oxygen atoms in total. The van der Waals surface area contributed by atoms with Crippen molar-refractivity contribution in [3.8, 4) is 0 Å². The van der Waals surface area contributed by atoms with Crippen molar-refractivity contribution in [3.63, 3.8) is 0 Å². The molecule has 0 radical (unpaired) electrons. The molecule has 1 fully saturated rings. The molecule has 1 heterocycles. The Hall–Kier alpha value is 0.280. The van der Waals surface area contributed by atoms with E-state index < -0.39 is 10.1 Å². The number of carbonyl (C=O) groups is 1. The highest BCUT2D eigenvalue weighted by molar-refractivity contribution is 8.05. The maximum absolute atomic E-state index is 11.7. The predicted molar refractivity (Wildman–Crippen MR) is 93.2 cm³/mol. The van der Waals surface area contributed by atoms with E-state index in [1.807, 2.05) is 39.5 Å². The Bertz CT molecular complexity index is 393. The molecule has 1 saturated heterocycles. The lowest BCUT2D eigenvalue weighted by molar-refractivity contribution is -0.123. The lowest BCUT2D eigenvalue weighted by Crippen LogP contribution is -2.33. The van der Waals surface area contributed by atoms with Crippen LogP contribution in [0, 0.1) is 5.41 Å². The molecule has 0 aliphatic carbocycles. The number of carbonyl (C=O) groups excluding carboxylic acids is 1. The van der Waals surface area contributed by atoms with Gasteiger partial charge in [0.1, 0.15) is 11.5 Å². The summed E-state index contributed by atoms with van der Waals surface area (Å²) in [7, 11) is -3.53. The molecule has 126 valence electrons. The lowest BCUT2D eigenvalue weighted by atomic mass is 9.92. The van der Waals surface area contributed by atoms with E-state index in [4.69, 9.17) is 0 Å². The van der Waals surface area contributed by atoms with Gasteiger partial charge in [0.25, 0.3) is 0 Å². The van der Waals surface area contributed by atoms with Crippen LogP contribution in [0.2, 0.25) is 0 Å². The number of Topliss-reactive ketones (excluding diaryl/α,β-unsaturated/α-hetero) is 1. The lowest BCUT2D eigenvalue weighted by Gasteiger charge is -2.18. The van der Waals surface area contributed by atoms with Crippen molar-refractivity contribution in [3.05, 3.63) is 0 Å². The van der Waals surface area contributed by atoms with Gasteiger partial charge in [0, 0.05) is 22.7 Å². The number of ketones is 1. The first kappa shape index (κ1) is 21.3. The van der Waals surface area contributed by atoms with Crippen molar-refractivity contribution in [1.29, 1.82) is 0 Å². The van der Waals surface area contributed by atoms with Crippen LogP contribution in [0.4, 0.5) is 0 Å². The molecule has 0 unspecified atom stereocenters. The second kappa shape index (κ2) is 10.1.